The van der Waals surface area contributed by atoms with Gasteiger partial charge in [-0.05, 0) is 61.5 Å². The van der Waals surface area contributed by atoms with Crippen LogP contribution in [-0.4, -0.2) is 84.1 Å². The Kier molecular flexibility index (Phi) is 12.1. The van der Waals surface area contributed by atoms with E-state index >= 15 is 0 Å². The van der Waals surface area contributed by atoms with Crippen LogP contribution in [0.5, 0.6) is 0 Å². The Balaban J connectivity index is 1.97. The first-order valence-electron chi connectivity index (χ1n) is 13.4. The van der Waals surface area contributed by atoms with Gasteiger partial charge in [-0.25, -0.2) is 0 Å². The molecule has 1 saturated heterocycles. The maximum Gasteiger partial charge on any atom is 0.351 e. The molecule has 1 fully saturated rings. The van der Waals surface area contributed by atoms with E-state index in [1.165, 1.54) is 0 Å². The van der Waals surface area contributed by atoms with Gasteiger partial charge >= 0.3 is 34.2 Å². The molecule has 8 nitrogen and oxygen atoms in total. The van der Waals surface area contributed by atoms with Crippen LogP contribution in [-0.2, 0) is 25.9 Å². The standard InChI is InChI=1S/C26H44O8Si4/c1-35(23-11-19-29-21-17-27)31-37(3,25-13-7-5-8-14-25)33-36(2,24-12-20-30-22-18-28)34-38(4,32-35)26-15-9-6-10-16-26/h5-10,13-16,27-28H,11-12,17-24H2,1-4H3. The van der Waals surface area contributed by atoms with Gasteiger partial charge in [0.2, 0.25) is 0 Å². The predicted octanol–water partition coefficient (Wildman–Crippen LogP) is 2.97. The van der Waals surface area contributed by atoms with E-state index in [0.29, 0.717) is 26.4 Å². The summed E-state index contributed by atoms with van der Waals surface area (Å²) in [5, 5.41) is 20.3. The molecule has 2 aromatic rings. The molecule has 0 aliphatic carbocycles. The minimum Gasteiger partial charge on any atom is -0.412 e. The molecule has 12 heteroatoms. The van der Waals surface area contributed by atoms with E-state index in [1.807, 2.05) is 36.4 Å². The largest absolute Gasteiger partial charge is 0.412 e. The highest BCUT2D eigenvalue weighted by molar-refractivity contribution is 7.00. The van der Waals surface area contributed by atoms with Crippen molar-refractivity contribution in [1.82, 2.24) is 0 Å². The van der Waals surface area contributed by atoms with Crippen LogP contribution in [0.3, 0.4) is 0 Å². The van der Waals surface area contributed by atoms with Gasteiger partial charge < -0.3 is 36.1 Å². The Morgan fingerprint density at radius 1 is 0.553 bits per heavy atom. The molecule has 2 N–H and O–H groups in total. The van der Waals surface area contributed by atoms with Crippen molar-refractivity contribution in [2.24, 2.45) is 0 Å². The zero-order chi connectivity index (χ0) is 27.5. The highest BCUT2D eigenvalue weighted by Crippen LogP contribution is 2.35. The maximum atomic E-state index is 9.07. The molecule has 3 rings (SSSR count). The molecule has 0 bridgehead atoms. The number of benzene rings is 2. The van der Waals surface area contributed by atoms with Gasteiger partial charge in [-0.3, -0.25) is 0 Å². The van der Waals surface area contributed by atoms with Crippen LogP contribution in [0.1, 0.15) is 12.8 Å². The first-order chi connectivity index (χ1) is 18.2. The lowest BCUT2D eigenvalue weighted by atomic mass is 10.4. The SMILES string of the molecule is C[Si]1(CCCOCCO)O[Si](C)(c2ccccc2)O[Si](C)(CCCOCCO)O[Si](C)(c2ccccc2)O1. The molecular weight excluding hydrogens is 553 g/mol. The van der Waals surface area contributed by atoms with E-state index in [0.717, 1.165) is 35.3 Å². The van der Waals surface area contributed by atoms with Gasteiger partial charge in [0.05, 0.1) is 26.4 Å². The van der Waals surface area contributed by atoms with E-state index in [4.69, 9.17) is 36.1 Å². The zero-order valence-electron chi connectivity index (χ0n) is 23.2. The van der Waals surface area contributed by atoms with Crippen LogP contribution in [0.25, 0.3) is 0 Å². The number of hydrogen-bond donors (Lipinski definition) is 2. The Labute approximate surface area is 231 Å². The van der Waals surface area contributed by atoms with Gasteiger partial charge in [-0.2, -0.15) is 0 Å². The van der Waals surface area contributed by atoms with Gasteiger partial charge in [-0.1, -0.05) is 60.7 Å². The van der Waals surface area contributed by atoms with Crippen LogP contribution in [0.4, 0.5) is 0 Å². The van der Waals surface area contributed by atoms with Gasteiger partial charge in [0.1, 0.15) is 0 Å². The third kappa shape index (κ3) is 9.01. The van der Waals surface area contributed by atoms with E-state index in [-0.39, 0.29) is 13.2 Å². The lowest BCUT2D eigenvalue weighted by Gasteiger charge is -2.50. The van der Waals surface area contributed by atoms with Crippen LogP contribution >= 0.6 is 0 Å². The molecular formula is C26H44O8Si4. The smallest absolute Gasteiger partial charge is 0.351 e. The third-order valence-electron chi connectivity index (χ3n) is 6.55. The van der Waals surface area contributed by atoms with Crippen molar-refractivity contribution >= 4 is 44.6 Å². The zero-order valence-corrected chi connectivity index (χ0v) is 27.2. The normalized spacial score (nSPS) is 30.1. The van der Waals surface area contributed by atoms with Gasteiger partial charge in [0.25, 0.3) is 0 Å². The van der Waals surface area contributed by atoms with E-state index in [1.54, 1.807) is 0 Å². The third-order valence-corrected chi connectivity index (χ3v) is 25.0. The predicted molar refractivity (Wildman–Crippen MR) is 158 cm³/mol. The molecule has 1 aliphatic rings. The molecule has 1 heterocycles. The van der Waals surface area contributed by atoms with Crippen LogP contribution in [0, 0.1) is 0 Å². The summed E-state index contributed by atoms with van der Waals surface area (Å²) in [5.41, 5.74) is 0. The van der Waals surface area contributed by atoms with Gasteiger partial charge in [0, 0.05) is 13.2 Å². The minimum absolute atomic E-state index is 0.00953. The summed E-state index contributed by atoms with van der Waals surface area (Å²) < 4.78 is 39.8. The van der Waals surface area contributed by atoms with Gasteiger partial charge in [-0.15, -0.1) is 0 Å². The molecule has 0 spiro atoms. The fourth-order valence-electron chi connectivity index (χ4n) is 4.98. The monoisotopic (exact) mass is 596 g/mol. The number of rotatable bonds is 14. The first-order valence-corrected chi connectivity index (χ1v) is 23.1. The molecule has 212 valence electrons. The Bertz CT molecular complexity index is 863. The fourth-order valence-corrected chi connectivity index (χ4v) is 27.0. The van der Waals surface area contributed by atoms with Crippen molar-refractivity contribution in [3.8, 4) is 0 Å². The molecule has 0 radical (unpaired) electrons. The summed E-state index contributed by atoms with van der Waals surface area (Å²) in [6.45, 7) is 10.2. The number of aliphatic hydroxyl groups is 2. The van der Waals surface area contributed by atoms with Crippen molar-refractivity contribution in [2.45, 2.75) is 51.1 Å². The summed E-state index contributed by atoms with van der Waals surface area (Å²) >= 11 is 0. The van der Waals surface area contributed by atoms with Crippen molar-refractivity contribution in [1.29, 1.82) is 0 Å². The average molecular weight is 597 g/mol. The number of aliphatic hydroxyl groups excluding tert-OH is 2. The van der Waals surface area contributed by atoms with Crippen molar-refractivity contribution < 1.29 is 36.1 Å². The summed E-state index contributed by atoms with van der Waals surface area (Å²) in [6.07, 6.45) is 1.52. The minimum atomic E-state index is -2.95. The molecule has 2 aromatic carbocycles. The highest BCUT2D eigenvalue weighted by atomic mass is 28.5. The molecule has 0 amide bonds. The second kappa shape index (κ2) is 14.6. The van der Waals surface area contributed by atoms with Crippen molar-refractivity contribution in [2.75, 3.05) is 39.6 Å². The quantitative estimate of drug-likeness (QED) is 0.254. The lowest BCUT2D eigenvalue weighted by Crippen LogP contribution is -2.73. The van der Waals surface area contributed by atoms with Gasteiger partial charge in [0.15, 0.2) is 0 Å². The lowest BCUT2D eigenvalue weighted by molar-refractivity contribution is 0.0910. The summed E-state index contributed by atoms with van der Waals surface area (Å²) in [4.78, 5) is 0. The number of hydrogen-bond acceptors (Lipinski definition) is 8. The molecule has 0 saturated carbocycles. The molecule has 38 heavy (non-hydrogen) atoms. The fraction of sp³-hybridized carbons (Fsp3) is 0.538. The highest BCUT2D eigenvalue weighted by Gasteiger charge is 2.58. The average Bonchev–Trinajstić information content (AvgIpc) is 2.88. The maximum absolute atomic E-state index is 9.07. The number of ether oxygens (including phenoxy) is 2. The summed E-state index contributed by atoms with van der Waals surface area (Å²) in [7, 11) is -11.5. The molecule has 0 unspecified atom stereocenters. The molecule has 0 aromatic heterocycles. The van der Waals surface area contributed by atoms with Crippen LogP contribution < -0.4 is 10.4 Å². The van der Waals surface area contributed by atoms with Crippen molar-refractivity contribution in [3.63, 3.8) is 0 Å². The van der Waals surface area contributed by atoms with E-state index in [2.05, 4.69) is 50.5 Å². The Morgan fingerprint density at radius 3 is 1.21 bits per heavy atom. The van der Waals surface area contributed by atoms with E-state index in [9.17, 15) is 0 Å². The van der Waals surface area contributed by atoms with Crippen LogP contribution in [0.15, 0.2) is 60.7 Å². The van der Waals surface area contributed by atoms with Crippen molar-refractivity contribution in [3.05, 3.63) is 60.7 Å². The molecule has 1 aliphatic heterocycles. The van der Waals surface area contributed by atoms with Crippen LogP contribution in [0.2, 0.25) is 38.3 Å². The topological polar surface area (TPSA) is 95.8 Å². The Hall–Kier alpha value is -1.01. The second-order valence-electron chi connectivity index (χ2n) is 10.2. The van der Waals surface area contributed by atoms with E-state index < -0.39 is 34.2 Å². The Morgan fingerprint density at radius 2 is 0.895 bits per heavy atom. The first kappa shape index (κ1) is 31.5. The summed E-state index contributed by atoms with van der Waals surface area (Å²) in [5.74, 6) is 0. The molecule has 0 atom stereocenters. The summed E-state index contributed by atoms with van der Waals surface area (Å²) in [6, 6.07) is 21.9. The second-order valence-corrected chi connectivity index (χ2v) is 23.9.